The van der Waals surface area contributed by atoms with Crippen LogP contribution < -0.4 is 10.1 Å². The van der Waals surface area contributed by atoms with Crippen LogP contribution in [0.4, 0.5) is 14.9 Å². The highest BCUT2D eigenvalue weighted by atomic mass is 35.5. The Morgan fingerprint density at radius 1 is 1.08 bits per heavy atom. The average Bonchev–Trinajstić information content (AvgIpc) is 3.09. The van der Waals surface area contributed by atoms with E-state index in [1.54, 1.807) is 54.6 Å². The number of benzene rings is 3. The van der Waals surface area contributed by atoms with Gasteiger partial charge in [-0.3, -0.25) is 19.3 Å². The van der Waals surface area contributed by atoms with Crippen LogP contribution in [-0.4, -0.2) is 28.5 Å². The van der Waals surface area contributed by atoms with Crippen molar-refractivity contribution in [2.24, 2.45) is 0 Å². The normalized spacial score (nSPS) is 14.4. The second-order valence-electron chi connectivity index (χ2n) is 7.84. The molecule has 1 aliphatic heterocycles. The van der Waals surface area contributed by atoms with E-state index in [-0.39, 0.29) is 22.1 Å². The van der Waals surface area contributed by atoms with Gasteiger partial charge in [0.25, 0.3) is 11.1 Å². The predicted octanol–water partition coefficient (Wildman–Crippen LogP) is 6.69. The number of aryl methyl sites for hydroxylation is 1. The molecule has 0 spiro atoms. The first-order chi connectivity index (χ1) is 17.2. The van der Waals surface area contributed by atoms with E-state index in [1.165, 1.54) is 12.1 Å². The van der Waals surface area contributed by atoms with Crippen molar-refractivity contribution in [3.63, 3.8) is 0 Å². The van der Waals surface area contributed by atoms with Gasteiger partial charge in [0.2, 0.25) is 5.91 Å². The van der Waals surface area contributed by atoms with E-state index in [2.05, 4.69) is 5.32 Å². The number of carbonyl (C=O) groups is 3. The van der Waals surface area contributed by atoms with Gasteiger partial charge in [-0.1, -0.05) is 47.5 Å². The van der Waals surface area contributed by atoms with Gasteiger partial charge in [-0.25, -0.2) is 4.39 Å². The fraction of sp³-hybridized carbons (Fsp3) is 0.115. The Hall–Kier alpha value is -3.33. The molecule has 0 bridgehead atoms. The molecule has 1 N–H and O–H groups in total. The molecule has 184 valence electrons. The highest BCUT2D eigenvalue weighted by Crippen LogP contribution is 2.32. The van der Waals surface area contributed by atoms with Gasteiger partial charge in [-0.2, -0.15) is 0 Å². The summed E-state index contributed by atoms with van der Waals surface area (Å²) >= 11 is 12.8. The monoisotopic (exact) mass is 544 g/mol. The zero-order chi connectivity index (χ0) is 25.8. The number of halogens is 3. The van der Waals surface area contributed by atoms with Crippen LogP contribution in [0, 0.1) is 12.7 Å². The van der Waals surface area contributed by atoms with Gasteiger partial charge in [0, 0.05) is 16.3 Å². The van der Waals surface area contributed by atoms with Gasteiger partial charge in [0.15, 0.2) is 0 Å². The third kappa shape index (κ3) is 6.07. The number of ether oxygens (including phenoxy) is 1. The third-order valence-electron chi connectivity index (χ3n) is 5.25. The molecule has 0 aromatic heterocycles. The van der Waals surface area contributed by atoms with Crippen LogP contribution in [0.1, 0.15) is 16.7 Å². The molecule has 6 nitrogen and oxygen atoms in total. The molecule has 0 atom stereocenters. The molecule has 36 heavy (non-hydrogen) atoms. The lowest BCUT2D eigenvalue weighted by molar-refractivity contribution is -0.127. The highest BCUT2D eigenvalue weighted by Gasteiger charge is 2.36. The van der Waals surface area contributed by atoms with E-state index in [0.29, 0.717) is 22.0 Å². The number of hydrogen-bond acceptors (Lipinski definition) is 5. The van der Waals surface area contributed by atoms with E-state index in [9.17, 15) is 18.8 Å². The molecule has 1 heterocycles. The molecule has 0 radical (unpaired) electrons. The molecular weight excluding hydrogens is 526 g/mol. The van der Waals surface area contributed by atoms with Crippen LogP contribution in [0.15, 0.2) is 65.6 Å². The average molecular weight is 545 g/mol. The molecule has 0 unspecified atom stereocenters. The lowest BCUT2D eigenvalue weighted by Gasteiger charge is -2.13. The molecule has 1 fully saturated rings. The van der Waals surface area contributed by atoms with Crippen LogP contribution in [0.3, 0.4) is 0 Å². The van der Waals surface area contributed by atoms with Crippen molar-refractivity contribution in [1.82, 2.24) is 4.90 Å². The molecule has 3 aromatic rings. The number of rotatable bonds is 7. The van der Waals surface area contributed by atoms with Gasteiger partial charge in [-0.15, -0.1) is 0 Å². The fourth-order valence-corrected chi connectivity index (χ4v) is 4.52. The Morgan fingerprint density at radius 3 is 2.53 bits per heavy atom. The molecule has 10 heteroatoms. The van der Waals surface area contributed by atoms with E-state index in [4.69, 9.17) is 27.9 Å². The van der Waals surface area contributed by atoms with Crippen LogP contribution in [-0.2, 0) is 16.2 Å². The van der Waals surface area contributed by atoms with Crippen molar-refractivity contribution in [3.05, 3.63) is 98.1 Å². The standard InChI is InChI=1S/C26H19Cl2FN2O4S/c1-15-5-8-17(12-21(15)28)30-24(32)13-31-25(33)23(36-26(31)34)11-16-6-9-18(10-7-16)35-14-19-20(27)3-2-4-22(19)29/h2-12H,13-14H2,1H3,(H,30,32)/b23-11-. The van der Waals surface area contributed by atoms with Crippen molar-refractivity contribution in [3.8, 4) is 5.75 Å². The van der Waals surface area contributed by atoms with Crippen LogP contribution in [0.5, 0.6) is 5.75 Å². The maximum atomic E-state index is 13.9. The first kappa shape index (κ1) is 25.8. The lowest BCUT2D eigenvalue weighted by Crippen LogP contribution is -2.36. The summed E-state index contributed by atoms with van der Waals surface area (Å²) in [5.74, 6) is -1.05. The summed E-state index contributed by atoms with van der Waals surface area (Å²) in [7, 11) is 0. The SMILES string of the molecule is Cc1ccc(NC(=O)CN2C(=O)S/C(=C\c3ccc(OCc4c(F)cccc4Cl)cc3)C2=O)cc1Cl. The first-order valence-electron chi connectivity index (χ1n) is 10.7. The summed E-state index contributed by atoms with van der Waals surface area (Å²) in [6, 6.07) is 16.2. The number of anilines is 1. The molecule has 1 saturated heterocycles. The lowest BCUT2D eigenvalue weighted by atomic mass is 10.2. The molecule has 1 aliphatic rings. The summed E-state index contributed by atoms with van der Waals surface area (Å²) in [4.78, 5) is 38.6. The summed E-state index contributed by atoms with van der Waals surface area (Å²) in [6.07, 6.45) is 1.56. The summed E-state index contributed by atoms with van der Waals surface area (Å²) < 4.78 is 19.5. The number of nitrogens with zero attached hydrogens (tertiary/aromatic N) is 1. The number of nitrogens with one attached hydrogen (secondary N) is 1. The maximum absolute atomic E-state index is 13.9. The van der Waals surface area contributed by atoms with E-state index in [0.717, 1.165) is 22.2 Å². The van der Waals surface area contributed by atoms with Crippen LogP contribution >= 0.6 is 35.0 Å². The third-order valence-corrected chi connectivity index (χ3v) is 6.92. The van der Waals surface area contributed by atoms with Crippen LogP contribution in [0.2, 0.25) is 10.0 Å². The highest BCUT2D eigenvalue weighted by molar-refractivity contribution is 8.18. The second kappa shape index (κ2) is 11.2. The minimum atomic E-state index is -0.559. The number of carbonyl (C=O) groups excluding carboxylic acids is 3. The Kier molecular flexibility index (Phi) is 7.98. The molecular formula is C26H19Cl2FN2O4S. The van der Waals surface area contributed by atoms with E-state index >= 15 is 0 Å². The van der Waals surface area contributed by atoms with Crippen molar-refractivity contribution in [1.29, 1.82) is 0 Å². The summed E-state index contributed by atoms with van der Waals surface area (Å²) in [5.41, 5.74) is 2.24. The largest absolute Gasteiger partial charge is 0.489 e. The second-order valence-corrected chi connectivity index (χ2v) is 9.65. The Labute approximate surface area is 221 Å². The minimum absolute atomic E-state index is 0.0411. The Bertz CT molecular complexity index is 1360. The first-order valence-corrected chi connectivity index (χ1v) is 12.3. The van der Waals surface area contributed by atoms with Crippen LogP contribution in [0.25, 0.3) is 6.08 Å². The number of hydrogen-bond donors (Lipinski definition) is 1. The van der Waals surface area contributed by atoms with Crippen molar-refractivity contribution >= 4 is 63.8 Å². The quantitative estimate of drug-likeness (QED) is 0.335. The Balaban J connectivity index is 1.37. The summed E-state index contributed by atoms with van der Waals surface area (Å²) in [6.45, 7) is 1.38. The smallest absolute Gasteiger partial charge is 0.294 e. The van der Waals surface area contributed by atoms with Gasteiger partial charge in [-0.05, 0) is 72.3 Å². The number of thioether (sulfide) groups is 1. The van der Waals surface area contributed by atoms with Gasteiger partial charge >= 0.3 is 0 Å². The van der Waals surface area contributed by atoms with E-state index < -0.39 is 29.4 Å². The molecule has 4 rings (SSSR count). The molecule has 3 amide bonds. The van der Waals surface area contributed by atoms with Gasteiger partial charge < -0.3 is 10.1 Å². The minimum Gasteiger partial charge on any atom is -0.489 e. The van der Waals surface area contributed by atoms with Crippen molar-refractivity contribution in [2.75, 3.05) is 11.9 Å². The topological polar surface area (TPSA) is 75.7 Å². The zero-order valence-electron chi connectivity index (χ0n) is 18.9. The van der Waals surface area contributed by atoms with Gasteiger partial charge in [0.05, 0.1) is 9.93 Å². The maximum Gasteiger partial charge on any atom is 0.294 e. The number of imide groups is 1. The van der Waals surface area contributed by atoms with E-state index in [1.807, 2.05) is 6.92 Å². The van der Waals surface area contributed by atoms with Gasteiger partial charge in [0.1, 0.15) is 24.7 Å². The zero-order valence-corrected chi connectivity index (χ0v) is 21.2. The predicted molar refractivity (Wildman–Crippen MR) is 140 cm³/mol. The van der Waals surface area contributed by atoms with Crippen molar-refractivity contribution in [2.45, 2.75) is 13.5 Å². The Morgan fingerprint density at radius 2 is 1.83 bits per heavy atom. The molecule has 0 saturated carbocycles. The molecule has 0 aliphatic carbocycles. The fourth-order valence-electron chi connectivity index (χ4n) is 3.29. The molecule has 3 aromatic carbocycles. The summed E-state index contributed by atoms with van der Waals surface area (Å²) in [5, 5.41) is 2.87. The number of amides is 3. The van der Waals surface area contributed by atoms with Crippen molar-refractivity contribution < 1.29 is 23.5 Å².